The summed E-state index contributed by atoms with van der Waals surface area (Å²) >= 11 is 7.06. The molecule has 0 atom stereocenters. The Labute approximate surface area is 233 Å². The molecular weight excluding hydrogens is 602 g/mol. The van der Waals surface area contributed by atoms with Gasteiger partial charge in [0.25, 0.3) is 0 Å². The fraction of sp³-hybridized carbons (Fsp3) is 0.429. The highest BCUT2D eigenvalue weighted by atomic mass is 79.9. The van der Waals surface area contributed by atoms with E-state index in [1.54, 1.807) is 12.1 Å². The lowest BCUT2D eigenvalue weighted by atomic mass is 10.0. The van der Waals surface area contributed by atoms with Crippen molar-refractivity contribution in [2.45, 2.75) is 50.8 Å². The molecule has 7 nitrogen and oxygen atoms in total. The highest BCUT2D eigenvalue weighted by molar-refractivity contribution is 9.10. The van der Waals surface area contributed by atoms with Crippen molar-refractivity contribution in [1.29, 1.82) is 0 Å². The van der Waals surface area contributed by atoms with Gasteiger partial charge < -0.3 is 19.8 Å². The molecule has 0 unspecified atom stereocenters. The van der Waals surface area contributed by atoms with E-state index in [4.69, 9.17) is 9.15 Å². The van der Waals surface area contributed by atoms with Crippen LogP contribution in [-0.2, 0) is 17.8 Å². The monoisotopic (exact) mass is 631 g/mol. The number of hydrogen-bond donors (Lipinski definition) is 2. The van der Waals surface area contributed by atoms with Gasteiger partial charge in [-0.25, -0.2) is 4.79 Å². The van der Waals surface area contributed by atoms with Crippen LogP contribution in [0.2, 0.25) is 0 Å². The SMILES string of the molecule is O=C(Cc1cc2ccc(Br)cc2oc1=O)NC1CCN(Cc2ccc(OC3CCNCC3)c(Br)c2)CC1. The highest BCUT2D eigenvalue weighted by Crippen LogP contribution is 2.29. The largest absolute Gasteiger partial charge is 0.489 e. The predicted octanol–water partition coefficient (Wildman–Crippen LogP) is 4.77. The van der Waals surface area contributed by atoms with Crippen LogP contribution in [0.15, 0.2) is 60.6 Å². The molecule has 3 heterocycles. The molecule has 2 fully saturated rings. The second-order valence-corrected chi connectivity index (χ2v) is 11.6. The Hall–Kier alpha value is -2.20. The first-order chi connectivity index (χ1) is 17.9. The molecule has 2 saturated heterocycles. The summed E-state index contributed by atoms with van der Waals surface area (Å²) in [5, 5.41) is 7.28. The van der Waals surface area contributed by atoms with Gasteiger partial charge in [-0.05, 0) is 90.6 Å². The number of carbonyl (C=O) groups is 1. The molecule has 1 aromatic heterocycles. The van der Waals surface area contributed by atoms with E-state index in [9.17, 15) is 9.59 Å². The van der Waals surface area contributed by atoms with Crippen molar-refractivity contribution in [2.75, 3.05) is 26.2 Å². The summed E-state index contributed by atoms with van der Waals surface area (Å²) in [6.45, 7) is 4.69. The van der Waals surface area contributed by atoms with Gasteiger partial charge in [-0.2, -0.15) is 0 Å². The Balaban J connectivity index is 1.09. The number of hydrogen-bond acceptors (Lipinski definition) is 6. The highest BCUT2D eigenvalue weighted by Gasteiger charge is 2.22. The van der Waals surface area contributed by atoms with Crippen LogP contribution in [0.1, 0.15) is 36.8 Å². The second-order valence-electron chi connectivity index (χ2n) is 9.87. The quantitative estimate of drug-likeness (QED) is 0.365. The lowest BCUT2D eigenvalue weighted by Crippen LogP contribution is -2.45. The number of piperidine rings is 2. The van der Waals surface area contributed by atoms with Crippen molar-refractivity contribution >= 4 is 48.7 Å². The molecule has 0 saturated carbocycles. The van der Waals surface area contributed by atoms with Crippen LogP contribution < -0.4 is 21.0 Å². The van der Waals surface area contributed by atoms with E-state index in [2.05, 4.69) is 65.6 Å². The van der Waals surface area contributed by atoms with Crippen molar-refractivity contribution in [1.82, 2.24) is 15.5 Å². The molecule has 5 rings (SSSR count). The molecule has 0 radical (unpaired) electrons. The van der Waals surface area contributed by atoms with Gasteiger partial charge in [0.15, 0.2) is 0 Å². The number of carbonyl (C=O) groups excluding carboxylic acids is 1. The first kappa shape index (κ1) is 26.4. The molecule has 196 valence electrons. The zero-order chi connectivity index (χ0) is 25.8. The number of benzene rings is 2. The first-order valence-corrected chi connectivity index (χ1v) is 14.4. The fourth-order valence-corrected chi connectivity index (χ4v) is 5.89. The maximum Gasteiger partial charge on any atom is 0.339 e. The van der Waals surface area contributed by atoms with Crippen molar-refractivity contribution in [3.63, 3.8) is 0 Å². The summed E-state index contributed by atoms with van der Waals surface area (Å²) in [4.78, 5) is 27.4. The minimum Gasteiger partial charge on any atom is -0.489 e. The number of rotatable bonds is 7. The zero-order valence-electron chi connectivity index (χ0n) is 20.6. The van der Waals surface area contributed by atoms with Gasteiger partial charge in [-0.1, -0.05) is 28.1 Å². The summed E-state index contributed by atoms with van der Waals surface area (Å²) in [5.74, 6) is 0.765. The Morgan fingerprint density at radius 1 is 1.05 bits per heavy atom. The molecule has 2 N–H and O–H groups in total. The van der Waals surface area contributed by atoms with Crippen molar-refractivity contribution in [3.05, 3.63) is 73.0 Å². The predicted molar refractivity (Wildman–Crippen MR) is 151 cm³/mol. The van der Waals surface area contributed by atoms with Gasteiger partial charge in [0.05, 0.1) is 10.9 Å². The Kier molecular flexibility index (Phi) is 8.64. The van der Waals surface area contributed by atoms with Crippen LogP contribution in [0.4, 0.5) is 0 Å². The third-order valence-corrected chi connectivity index (χ3v) is 8.17. The molecule has 1 amide bonds. The first-order valence-electron chi connectivity index (χ1n) is 12.8. The average molecular weight is 633 g/mol. The van der Waals surface area contributed by atoms with Crippen LogP contribution in [0.5, 0.6) is 5.75 Å². The van der Waals surface area contributed by atoms with Crippen molar-refractivity contribution in [2.24, 2.45) is 0 Å². The Morgan fingerprint density at radius 3 is 2.59 bits per heavy atom. The third kappa shape index (κ3) is 7.02. The number of nitrogens with zero attached hydrogens (tertiary/aromatic N) is 1. The van der Waals surface area contributed by atoms with Gasteiger partial charge in [-0.3, -0.25) is 9.69 Å². The summed E-state index contributed by atoms with van der Waals surface area (Å²) in [7, 11) is 0. The van der Waals surface area contributed by atoms with E-state index in [1.165, 1.54) is 5.56 Å². The molecule has 2 aromatic carbocycles. The lowest BCUT2D eigenvalue weighted by molar-refractivity contribution is -0.121. The number of amides is 1. The van der Waals surface area contributed by atoms with Gasteiger partial charge in [0.1, 0.15) is 17.4 Å². The van der Waals surface area contributed by atoms with E-state index in [1.807, 2.05) is 12.1 Å². The van der Waals surface area contributed by atoms with Crippen LogP contribution >= 0.6 is 31.9 Å². The second kappa shape index (κ2) is 12.1. The van der Waals surface area contributed by atoms with E-state index in [0.717, 1.165) is 78.5 Å². The van der Waals surface area contributed by atoms with Crippen LogP contribution in [0.3, 0.4) is 0 Å². The fourth-order valence-electron chi connectivity index (χ4n) is 5.03. The Morgan fingerprint density at radius 2 is 1.84 bits per heavy atom. The van der Waals surface area contributed by atoms with Crippen LogP contribution in [0.25, 0.3) is 11.0 Å². The molecule has 0 aliphatic carbocycles. The maximum atomic E-state index is 12.7. The maximum absolute atomic E-state index is 12.7. The molecule has 0 bridgehead atoms. The Bertz CT molecular complexity index is 1310. The lowest BCUT2D eigenvalue weighted by Gasteiger charge is -2.32. The molecule has 2 aliphatic rings. The number of ether oxygens (including phenoxy) is 1. The van der Waals surface area contributed by atoms with E-state index >= 15 is 0 Å². The van der Waals surface area contributed by atoms with Gasteiger partial charge in [0.2, 0.25) is 5.91 Å². The minimum atomic E-state index is -0.464. The van der Waals surface area contributed by atoms with E-state index < -0.39 is 5.63 Å². The summed E-state index contributed by atoms with van der Waals surface area (Å²) in [6, 6.07) is 13.7. The molecule has 0 spiro atoms. The van der Waals surface area contributed by atoms with Crippen LogP contribution in [0, 0.1) is 0 Å². The molecular formula is C28H31Br2N3O4. The van der Waals surface area contributed by atoms with Gasteiger partial charge >= 0.3 is 5.63 Å². The third-order valence-electron chi connectivity index (χ3n) is 7.06. The smallest absolute Gasteiger partial charge is 0.339 e. The number of nitrogens with one attached hydrogen (secondary N) is 2. The molecule has 9 heteroatoms. The summed E-state index contributed by atoms with van der Waals surface area (Å²) in [6.07, 6.45) is 4.12. The van der Waals surface area contributed by atoms with E-state index in [-0.39, 0.29) is 24.5 Å². The average Bonchev–Trinajstić information content (AvgIpc) is 2.88. The molecule has 3 aromatic rings. The number of halogens is 2. The molecule has 37 heavy (non-hydrogen) atoms. The van der Waals surface area contributed by atoms with Crippen molar-refractivity contribution < 1.29 is 13.9 Å². The minimum absolute atomic E-state index is 0.0222. The van der Waals surface area contributed by atoms with Crippen molar-refractivity contribution in [3.8, 4) is 5.75 Å². The van der Waals surface area contributed by atoms with Gasteiger partial charge in [-0.15, -0.1) is 0 Å². The normalized spacial score (nSPS) is 17.7. The summed E-state index contributed by atoms with van der Waals surface area (Å²) < 4.78 is 13.4. The standard InChI is InChI=1S/C28H31Br2N3O4/c29-21-3-2-19-14-20(28(35)37-26(19)16-21)15-27(34)32-22-7-11-33(12-8-22)17-18-1-4-25(24(30)13-18)36-23-5-9-31-10-6-23/h1-4,13-14,16,22-23,31H,5-12,15,17H2,(H,32,34). The van der Waals surface area contributed by atoms with Gasteiger partial charge in [0, 0.05) is 41.1 Å². The van der Waals surface area contributed by atoms with E-state index in [0.29, 0.717) is 11.1 Å². The van der Waals surface area contributed by atoms with Crippen LogP contribution in [-0.4, -0.2) is 49.1 Å². The summed E-state index contributed by atoms with van der Waals surface area (Å²) in [5.41, 5.74) is 1.66. The zero-order valence-corrected chi connectivity index (χ0v) is 23.8. The molecule has 2 aliphatic heterocycles. The number of fused-ring (bicyclic) bond motifs is 1. The topological polar surface area (TPSA) is 83.8 Å². The number of likely N-dealkylation sites (tertiary alicyclic amines) is 1.